The fourth-order valence-electron chi connectivity index (χ4n) is 2.85. The van der Waals surface area contributed by atoms with Crippen LogP contribution >= 0.6 is 0 Å². The van der Waals surface area contributed by atoms with Crippen LogP contribution in [0, 0.1) is 17.2 Å². The maximum absolute atomic E-state index is 9.36. The van der Waals surface area contributed by atoms with Gasteiger partial charge in [-0.1, -0.05) is 49.6 Å². The summed E-state index contributed by atoms with van der Waals surface area (Å²) in [6.07, 6.45) is 6.30. The Morgan fingerprint density at radius 2 is 1.83 bits per heavy atom. The lowest BCUT2D eigenvalue weighted by molar-refractivity contribution is 0.292. The molecule has 1 saturated carbocycles. The monoisotopic (exact) mass is 242 g/mol. The molecule has 1 aromatic carbocycles. The lowest BCUT2D eigenvalue weighted by Crippen LogP contribution is -2.37. The van der Waals surface area contributed by atoms with Gasteiger partial charge in [-0.15, -0.1) is 0 Å². The van der Waals surface area contributed by atoms with Gasteiger partial charge in [-0.25, -0.2) is 0 Å². The first-order valence-electron chi connectivity index (χ1n) is 7.02. The molecule has 1 aromatic rings. The van der Waals surface area contributed by atoms with E-state index in [0.717, 1.165) is 0 Å². The van der Waals surface area contributed by atoms with Crippen LogP contribution in [-0.4, -0.2) is 6.04 Å². The molecule has 2 atom stereocenters. The predicted octanol–water partition coefficient (Wildman–Crippen LogP) is 3.81. The molecule has 0 heterocycles. The lowest BCUT2D eigenvalue weighted by atomic mass is 9.84. The van der Waals surface area contributed by atoms with E-state index in [4.69, 9.17) is 0 Å². The molecule has 1 aliphatic carbocycles. The number of nitrogens with zero attached hydrogens (tertiary/aromatic N) is 1. The van der Waals surface area contributed by atoms with Crippen molar-refractivity contribution in [1.82, 2.24) is 5.32 Å². The van der Waals surface area contributed by atoms with E-state index < -0.39 is 0 Å². The Labute approximate surface area is 110 Å². The van der Waals surface area contributed by atoms with Crippen LogP contribution in [0.1, 0.15) is 50.6 Å². The van der Waals surface area contributed by atoms with Crippen molar-refractivity contribution in [2.75, 3.05) is 0 Å². The van der Waals surface area contributed by atoms with E-state index in [1.54, 1.807) is 0 Å². The van der Waals surface area contributed by atoms with Crippen LogP contribution < -0.4 is 5.32 Å². The average molecular weight is 242 g/mol. The lowest BCUT2D eigenvalue weighted by Gasteiger charge is -2.28. The number of nitrogens with one attached hydrogen (secondary N) is 1. The summed E-state index contributed by atoms with van der Waals surface area (Å²) in [7, 11) is 0. The molecule has 2 nitrogen and oxygen atoms in total. The van der Waals surface area contributed by atoms with Gasteiger partial charge in [-0.3, -0.25) is 5.32 Å². The molecule has 0 spiro atoms. The average Bonchev–Trinajstić information content (AvgIpc) is 2.46. The summed E-state index contributed by atoms with van der Waals surface area (Å²) in [6, 6.07) is 13.1. The Hall–Kier alpha value is -1.33. The molecule has 0 bridgehead atoms. The van der Waals surface area contributed by atoms with Gasteiger partial charge in [0.15, 0.2) is 0 Å². The predicted molar refractivity (Wildman–Crippen MR) is 74.0 cm³/mol. The molecule has 18 heavy (non-hydrogen) atoms. The number of hydrogen-bond acceptors (Lipinski definition) is 2. The topological polar surface area (TPSA) is 35.8 Å². The van der Waals surface area contributed by atoms with Crippen molar-refractivity contribution < 1.29 is 0 Å². The second kappa shape index (κ2) is 6.56. The fraction of sp³-hybridized carbons (Fsp3) is 0.562. The Kier molecular flexibility index (Phi) is 4.78. The van der Waals surface area contributed by atoms with Crippen molar-refractivity contribution in [3.05, 3.63) is 35.9 Å². The molecule has 2 rings (SSSR count). The van der Waals surface area contributed by atoms with Gasteiger partial charge in [0.2, 0.25) is 0 Å². The third-order valence-corrected chi connectivity index (χ3v) is 3.99. The maximum atomic E-state index is 9.36. The van der Waals surface area contributed by atoms with E-state index in [1.807, 2.05) is 6.07 Å². The third-order valence-electron chi connectivity index (χ3n) is 3.99. The Balaban J connectivity index is 1.96. The molecule has 0 radical (unpaired) electrons. The second-order valence-electron chi connectivity index (χ2n) is 5.30. The van der Waals surface area contributed by atoms with Gasteiger partial charge in [0, 0.05) is 6.04 Å². The van der Waals surface area contributed by atoms with Crippen molar-refractivity contribution in [1.29, 1.82) is 5.26 Å². The van der Waals surface area contributed by atoms with Crippen molar-refractivity contribution in [3.63, 3.8) is 0 Å². The molecule has 1 aliphatic rings. The number of benzene rings is 1. The first-order chi connectivity index (χ1) is 8.81. The third kappa shape index (κ3) is 3.34. The minimum atomic E-state index is 0.000469. The molecule has 1 fully saturated rings. The van der Waals surface area contributed by atoms with Crippen molar-refractivity contribution >= 4 is 0 Å². The number of rotatable bonds is 4. The molecule has 0 aliphatic heterocycles. The fourth-order valence-corrected chi connectivity index (χ4v) is 2.85. The van der Waals surface area contributed by atoms with Crippen LogP contribution in [0.5, 0.6) is 0 Å². The van der Waals surface area contributed by atoms with Gasteiger partial charge in [0.1, 0.15) is 0 Å². The molecule has 2 heteroatoms. The second-order valence-corrected chi connectivity index (χ2v) is 5.30. The van der Waals surface area contributed by atoms with Crippen LogP contribution in [0.2, 0.25) is 0 Å². The minimum Gasteiger partial charge on any atom is -0.295 e. The molecular weight excluding hydrogens is 220 g/mol. The van der Waals surface area contributed by atoms with Gasteiger partial charge in [-0.2, -0.15) is 5.26 Å². The molecular formula is C16H22N2. The van der Waals surface area contributed by atoms with Crippen molar-refractivity contribution in [2.45, 2.75) is 51.1 Å². The Morgan fingerprint density at radius 1 is 1.17 bits per heavy atom. The maximum Gasteiger partial charge on any atom is 0.0986 e. The van der Waals surface area contributed by atoms with E-state index in [2.05, 4.69) is 42.6 Å². The Morgan fingerprint density at radius 3 is 2.44 bits per heavy atom. The SMILES string of the molecule is C[C@H](NC(C#N)C1CCCCC1)c1ccccc1. The minimum absolute atomic E-state index is 0.000469. The van der Waals surface area contributed by atoms with E-state index in [-0.39, 0.29) is 12.1 Å². The van der Waals surface area contributed by atoms with Crippen molar-refractivity contribution in [3.8, 4) is 6.07 Å². The largest absolute Gasteiger partial charge is 0.295 e. The van der Waals surface area contributed by atoms with Crippen LogP contribution in [-0.2, 0) is 0 Å². The molecule has 96 valence electrons. The molecule has 0 aromatic heterocycles. The van der Waals surface area contributed by atoms with E-state index in [9.17, 15) is 5.26 Å². The normalized spacial score (nSPS) is 20.0. The zero-order chi connectivity index (χ0) is 12.8. The van der Waals surface area contributed by atoms with Gasteiger partial charge in [0.25, 0.3) is 0 Å². The van der Waals surface area contributed by atoms with Gasteiger partial charge >= 0.3 is 0 Å². The quantitative estimate of drug-likeness (QED) is 0.871. The van der Waals surface area contributed by atoms with Crippen LogP contribution in [0.15, 0.2) is 30.3 Å². The molecule has 0 amide bonds. The van der Waals surface area contributed by atoms with Crippen LogP contribution in [0.4, 0.5) is 0 Å². The first kappa shape index (κ1) is 13.1. The summed E-state index contributed by atoms with van der Waals surface area (Å²) in [6.45, 7) is 2.14. The summed E-state index contributed by atoms with van der Waals surface area (Å²) >= 11 is 0. The summed E-state index contributed by atoms with van der Waals surface area (Å²) in [5, 5.41) is 12.9. The summed E-state index contributed by atoms with van der Waals surface area (Å²) in [5.74, 6) is 0.537. The Bertz CT molecular complexity index is 387. The highest BCUT2D eigenvalue weighted by Crippen LogP contribution is 2.27. The number of nitriles is 1. The van der Waals surface area contributed by atoms with Gasteiger partial charge in [0.05, 0.1) is 12.1 Å². The number of hydrogen-bond donors (Lipinski definition) is 1. The van der Waals surface area contributed by atoms with Crippen LogP contribution in [0.25, 0.3) is 0 Å². The summed E-state index contributed by atoms with van der Waals surface area (Å²) in [4.78, 5) is 0. The zero-order valence-electron chi connectivity index (χ0n) is 11.1. The molecule has 1 unspecified atom stereocenters. The zero-order valence-corrected chi connectivity index (χ0v) is 11.1. The highest BCUT2D eigenvalue weighted by Gasteiger charge is 2.24. The highest BCUT2D eigenvalue weighted by molar-refractivity contribution is 5.18. The van der Waals surface area contributed by atoms with Crippen LogP contribution in [0.3, 0.4) is 0 Å². The molecule has 0 saturated heterocycles. The first-order valence-corrected chi connectivity index (χ1v) is 7.02. The van der Waals surface area contributed by atoms with Crippen molar-refractivity contribution in [2.24, 2.45) is 5.92 Å². The van der Waals surface area contributed by atoms with Gasteiger partial charge < -0.3 is 0 Å². The molecule has 1 N–H and O–H groups in total. The van der Waals surface area contributed by atoms with Gasteiger partial charge in [-0.05, 0) is 31.2 Å². The van der Waals surface area contributed by atoms with E-state index in [0.29, 0.717) is 5.92 Å². The summed E-state index contributed by atoms with van der Waals surface area (Å²) < 4.78 is 0. The smallest absolute Gasteiger partial charge is 0.0986 e. The summed E-state index contributed by atoms with van der Waals surface area (Å²) in [5.41, 5.74) is 1.26. The van der Waals surface area contributed by atoms with E-state index in [1.165, 1.54) is 37.7 Å². The van der Waals surface area contributed by atoms with E-state index >= 15 is 0 Å². The highest BCUT2D eigenvalue weighted by atomic mass is 14.9. The standard InChI is InChI=1S/C16H22N2/c1-13(14-8-4-2-5-9-14)18-16(12-17)15-10-6-3-7-11-15/h2,4-5,8-9,13,15-16,18H,3,6-7,10-11H2,1H3/t13-,16?/m0/s1.